The number of aryl methyl sites for hydroxylation is 2. The van der Waals surface area contributed by atoms with E-state index in [0.717, 1.165) is 43.1 Å². The van der Waals surface area contributed by atoms with Crippen LogP contribution >= 0.6 is 0 Å². The van der Waals surface area contributed by atoms with Crippen molar-refractivity contribution in [1.82, 2.24) is 4.57 Å². The van der Waals surface area contributed by atoms with Crippen molar-refractivity contribution in [2.45, 2.75) is 46.1 Å². The number of fused-ring (bicyclic) bond motifs is 1. The highest BCUT2D eigenvalue weighted by Gasteiger charge is 2.19. The summed E-state index contributed by atoms with van der Waals surface area (Å²) in [6.45, 7) is 5.73. The molecule has 0 amide bonds. The fourth-order valence-corrected chi connectivity index (χ4v) is 2.98. The number of hydrogen-bond acceptors (Lipinski definition) is 2. The predicted octanol–water partition coefficient (Wildman–Crippen LogP) is 3.34. The van der Waals surface area contributed by atoms with Crippen molar-refractivity contribution in [3.05, 3.63) is 35.0 Å². The molecule has 2 aromatic rings. The first-order valence-corrected chi connectivity index (χ1v) is 7.65. The van der Waals surface area contributed by atoms with Gasteiger partial charge in [-0.1, -0.05) is 19.4 Å². The number of carbonyl (C=O) groups is 1. The molecule has 2 rings (SSSR count). The molecule has 0 saturated carbocycles. The molecule has 0 aliphatic carbocycles. The minimum Gasteiger partial charge on any atom is -0.478 e. The van der Waals surface area contributed by atoms with Crippen LogP contribution in [-0.4, -0.2) is 22.2 Å². The fourth-order valence-electron chi connectivity index (χ4n) is 2.98. The quantitative estimate of drug-likeness (QED) is 0.821. The number of aromatic nitrogens is 1. The predicted molar refractivity (Wildman–Crippen MR) is 85.9 cm³/mol. The summed E-state index contributed by atoms with van der Waals surface area (Å²) < 4.78 is 2.22. The Morgan fingerprint density at radius 1 is 1.33 bits per heavy atom. The van der Waals surface area contributed by atoms with E-state index in [9.17, 15) is 9.90 Å². The zero-order valence-electron chi connectivity index (χ0n) is 12.9. The topological polar surface area (TPSA) is 68.2 Å². The van der Waals surface area contributed by atoms with Gasteiger partial charge >= 0.3 is 5.97 Å². The Balaban J connectivity index is 2.66. The highest BCUT2D eigenvalue weighted by molar-refractivity contribution is 6.05. The van der Waals surface area contributed by atoms with Gasteiger partial charge in [0, 0.05) is 23.1 Å². The Morgan fingerprint density at radius 3 is 2.71 bits per heavy atom. The summed E-state index contributed by atoms with van der Waals surface area (Å²) in [7, 11) is 0. The molecule has 0 atom stereocenters. The molecule has 4 nitrogen and oxygen atoms in total. The monoisotopic (exact) mass is 288 g/mol. The Morgan fingerprint density at radius 2 is 2.10 bits per heavy atom. The molecule has 0 radical (unpaired) electrons. The van der Waals surface area contributed by atoms with Crippen molar-refractivity contribution >= 4 is 16.9 Å². The van der Waals surface area contributed by atoms with Gasteiger partial charge in [-0.2, -0.15) is 0 Å². The van der Waals surface area contributed by atoms with Crippen molar-refractivity contribution < 1.29 is 9.90 Å². The van der Waals surface area contributed by atoms with Crippen LogP contribution in [0.1, 0.15) is 47.8 Å². The van der Waals surface area contributed by atoms with E-state index in [1.807, 2.05) is 12.1 Å². The van der Waals surface area contributed by atoms with E-state index in [1.165, 1.54) is 11.3 Å². The van der Waals surface area contributed by atoms with Gasteiger partial charge in [0.2, 0.25) is 0 Å². The van der Waals surface area contributed by atoms with Crippen LogP contribution in [0.5, 0.6) is 0 Å². The summed E-state index contributed by atoms with van der Waals surface area (Å²) in [5.74, 6) is -0.852. The third kappa shape index (κ3) is 2.95. The number of nitrogens with zero attached hydrogens (tertiary/aromatic N) is 1. The average molecular weight is 288 g/mol. The normalized spacial score (nSPS) is 11.2. The van der Waals surface area contributed by atoms with Gasteiger partial charge in [-0.15, -0.1) is 0 Å². The van der Waals surface area contributed by atoms with E-state index in [2.05, 4.69) is 18.4 Å². The van der Waals surface area contributed by atoms with Gasteiger partial charge in [-0.3, -0.25) is 0 Å². The van der Waals surface area contributed by atoms with Crippen molar-refractivity contribution in [1.29, 1.82) is 0 Å². The zero-order valence-corrected chi connectivity index (χ0v) is 12.9. The maximum Gasteiger partial charge on any atom is 0.336 e. The van der Waals surface area contributed by atoms with Crippen LogP contribution in [0.4, 0.5) is 0 Å². The van der Waals surface area contributed by atoms with E-state index in [-0.39, 0.29) is 0 Å². The van der Waals surface area contributed by atoms with Gasteiger partial charge < -0.3 is 15.4 Å². The maximum atomic E-state index is 11.5. The molecule has 4 heteroatoms. The molecular formula is C17H24N2O2. The van der Waals surface area contributed by atoms with E-state index in [1.54, 1.807) is 6.07 Å². The number of benzene rings is 1. The summed E-state index contributed by atoms with van der Waals surface area (Å²) in [6, 6.07) is 5.54. The van der Waals surface area contributed by atoms with Gasteiger partial charge in [0.25, 0.3) is 0 Å². The Bertz CT molecular complexity index is 644. The summed E-state index contributed by atoms with van der Waals surface area (Å²) in [6.07, 6.45) is 4.00. The first-order chi connectivity index (χ1) is 10.1. The van der Waals surface area contributed by atoms with E-state index in [0.29, 0.717) is 12.1 Å². The van der Waals surface area contributed by atoms with E-state index >= 15 is 0 Å². The molecule has 0 bridgehead atoms. The smallest absolute Gasteiger partial charge is 0.336 e. The molecule has 1 aromatic heterocycles. The molecule has 0 saturated heterocycles. The van der Waals surface area contributed by atoms with Gasteiger partial charge in [0.1, 0.15) is 0 Å². The number of carboxylic acid groups (broad SMARTS) is 1. The van der Waals surface area contributed by atoms with Crippen LogP contribution in [0.25, 0.3) is 10.9 Å². The van der Waals surface area contributed by atoms with Crippen LogP contribution < -0.4 is 5.73 Å². The second kappa shape index (κ2) is 6.76. The second-order valence-electron chi connectivity index (χ2n) is 5.47. The molecule has 0 aliphatic heterocycles. The van der Waals surface area contributed by atoms with E-state index < -0.39 is 5.97 Å². The zero-order chi connectivity index (χ0) is 15.4. The summed E-state index contributed by atoms with van der Waals surface area (Å²) in [5, 5.41) is 10.4. The lowest BCUT2D eigenvalue weighted by Crippen LogP contribution is -2.07. The molecule has 0 fully saturated rings. The third-order valence-corrected chi connectivity index (χ3v) is 4.07. The van der Waals surface area contributed by atoms with Crippen LogP contribution in [-0.2, 0) is 13.0 Å². The lowest BCUT2D eigenvalue weighted by atomic mass is 10.0. The summed E-state index contributed by atoms with van der Waals surface area (Å²) in [4.78, 5) is 11.5. The van der Waals surface area contributed by atoms with Crippen molar-refractivity contribution in [2.24, 2.45) is 5.73 Å². The number of nitrogens with two attached hydrogens (primary N) is 1. The first kappa shape index (κ1) is 15.6. The van der Waals surface area contributed by atoms with Crippen LogP contribution in [0, 0.1) is 6.92 Å². The van der Waals surface area contributed by atoms with Gasteiger partial charge in [0.05, 0.1) is 5.56 Å². The van der Waals surface area contributed by atoms with Gasteiger partial charge in [-0.25, -0.2) is 4.79 Å². The van der Waals surface area contributed by atoms with Crippen LogP contribution in [0.15, 0.2) is 18.2 Å². The third-order valence-electron chi connectivity index (χ3n) is 4.07. The van der Waals surface area contributed by atoms with Crippen molar-refractivity contribution in [3.63, 3.8) is 0 Å². The Labute approximate surface area is 125 Å². The largest absolute Gasteiger partial charge is 0.478 e. The number of hydrogen-bond donors (Lipinski definition) is 2. The lowest BCUT2D eigenvalue weighted by Gasteiger charge is -2.07. The Kier molecular flexibility index (Phi) is 5.02. The van der Waals surface area contributed by atoms with Gasteiger partial charge in [-0.05, 0) is 50.4 Å². The number of unbranched alkanes of at least 4 members (excludes halogenated alkanes) is 1. The van der Waals surface area contributed by atoms with Gasteiger partial charge in [0.15, 0.2) is 0 Å². The minimum absolute atomic E-state index is 0.410. The maximum absolute atomic E-state index is 11.5. The SMILES string of the molecule is CCCCc1c(C)n(CCCN)c2cccc(C(=O)O)c12. The minimum atomic E-state index is -0.852. The molecular weight excluding hydrogens is 264 g/mol. The molecule has 1 aromatic carbocycles. The molecule has 21 heavy (non-hydrogen) atoms. The highest BCUT2D eigenvalue weighted by Crippen LogP contribution is 2.30. The molecule has 0 unspecified atom stereocenters. The highest BCUT2D eigenvalue weighted by atomic mass is 16.4. The molecule has 114 valence electrons. The number of rotatable bonds is 7. The molecule has 0 spiro atoms. The average Bonchev–Trinajstić information content (AvgIpc) is 2.74. The summed E-state index contributed by atoms with van der Waals surface area (Å²) in [5.41, 5.74) is 9.42. The fraction of sp³-hybridized carbons (Fsp3) is 0.471. The molecule has 0 aliphatic rings. The van der Waals surface area contributed by atoms with Crippen molar-refractivity contribution in [3.8, 4) is 0 Å². The first-order valence-electron chi connectivity index (χ1n) is 7.65. The van der Waals surface area contributed by atoms with Crippen LogP contribution in [0.3, 0.4) is 0 Å². The molecule has 3 N–H and O–H groups in total. The number of carboxylic acids is 1. The van der Waals surface area contributed by atoms with E-state index in [4.69, 9.17) is 5.73 Å². The standard InChI is InChI=1S/C17H24N2O2/c1-3-4-7-13-12(2)19(11-6-10-18)15-9-5-8-14(16(13)15)17(20)21/h5,8-9H,3-4,6-7,10-11,18H2,1-2H3,(H,20,21). The Hall–Kier alpha value is -1.81. The summed E-state index contributed by atoms with van der Waals surface area (Å²) >= 11 is 0. The van der Waals surface area contributed by atoms with Crippen molar-refractivity contribution in [2.75, 3.05) is 6.54 Å². The number of aromatic carboxylic acids is 1. The lowest BCUT2D eigenvalue weighted by molar-refractivity contribution is 0.0699. The second-order valence-corrected chi connectivity index (χ2v) is 5.47. The van der Waals surface area contributed by atoms with Crippen LogP contribution in [0.2, 0.25) is 0 Å². The molecule has 1 heterocycles.